The summed E-state index contributed by atoms with van der Waals surface area (Å²) in [4.78, 5) is 20.9. The van der Waals surface area contributed by atoms with Crippen LogP contribution in [0.2, 0.25) is 0 Å². The molecule has 124 valence electrons. The zero-order valence-electron chi connectivity index (χ0n) is 13.3. The second-order valence-electron chi connectivity index (χ2n) is 5.32. The van der Waals surface area contributed by atoms with Crippen LogP contribution in [0.5, 0.6) is 0 Å². The molecule has 8 heteroatoms. The van der Waals surface area contributed by atoms with Gasteiger partial charge in [-0.1, -0.05) is 17.3 Å². The van der Waals surface area contributed by atoms with Crippen molar-refractivity contribution in [2.75, 3.05) is 11.1 Å². The lowest BCUT2D eigenvalue weighted by atomic mass is 10.2. The minimum absolute atomic E-state index is 0.162. The lowest BCUT2D eigenvalue weighted by molar-refractivity contribution is -0.115. The summed E-state index contributed by atoms with van der Waals surface area (Å²) in [7, 11) is 0. The van der Waals surface area contributed by atoms with E-state index in [0.29, 0.717) is 29.0 Å². The predicted molar refractivity (Wildman–Crippen MR) is 94.6 cm³/mol. The molecule has 3 N–H and O–H groups in total. The summed E-state index contributed by atoms with van der Waals surface area (Å²) >= 11 is 1.43. The van der Waals surface area contributed by atoms with Gasteiger partial charge >= 0.3 is 0 Å². The van der Waals surface area contributed by atoms with E-state index in [0.717, 1.165) is 10.9 Å². The minimum atomic E-state index is -0.299. The number of hydrogen-bond donors (Lipinski definition) is 2. The van der Waals surface area contributed by atoms with Crippen molar-refractivity contribution in [1.29, 1.82) is 0 Å². The number of nitrogens with zero attached hydrogens (tertiary/aromatic N) is 3. The van der Waals surface area contributed by atoms with E-state index in [9.17, 15) is 4.79 Å². The smallest absolute Gasteiger partial charge is 0.239 e. The number of fused-ring (bicyclic) bond motifs is 1. The molecule has 1 aromatic carbocycles. The summed E-state index contributed by atoms with van der Waals surface area (Å²) in [5.41, 5.74) is 7.48. The zero-order chi connectivity index (χ0) is 17.1. The molecule has 1 atom stereocenters. The summed E-state index contributed by atoms with van der Waals surface area (Å²) in [5, 5.41) is 6.95. The summed E-state index contributed by atoms with van der Waals surface area (Å²) in [6.45, 7) is 3.60. The molecule has 0 spiro atoms. The quantitative estimate of drug-likeness (QED) is 0.733. The van der Waals surface area contributed by atoms with E-state index in [1.54, 1.807) is 13.0 Å². The fraction of sp³-hybridized carbons (Fsp3) is 0.250. The second-order valence-corrected chi connectivity index (χ2v) is 6.65. The largest absolute Gasteiger partial charge is 0.383 e. The number of rotatable bonds is 5. The van der Waals surface area contributed by atoms with Gasteiger partial charge in [-0.25, -0.2) is 9.97 Å². The molecule has 0 saturated carbocycles. The number of carbonyl (C=O) groups is 1. The number of thioether (sulfide) groups is 1. The number of nitrogen functional groups attached to an aromatic ring is 1. The molecule has 1 amide bonds. The molecule has 0 unspecified atom stereocenters. The minimum Gasteiger partial charge on any atom is -0.383 e. The Balaban J connectivity index is 1.63. The molecule has 2 heterocycles. The van der Waals surface area contributed by atoms with E-state index >= 15 is 0 Å². The van der Waals surface area contributed by atoms with E-state index in [1.165, 1.54) is 11.8 Å². The van der Waals surface area contributed by atoms with Crippen LogP contribution >= 0.6 is 11.8 Å². The summed E-state index contributed by atoms with van der Waals surface area (Å²) in [6, 6.07) is 9.25. The molecule has 0 bridgehead atoms. The van der Waals surface area contributed by atoms with Crippen LogP contribution in [0.3, 0.4) is 0 Å². The maximum Gasteiger partial charge on any atom is 0.239 e. The number of amides is 1. The monoisotopic (exact) mass is 343 g/mol. The molecule has 7 nitrogen and oxygen atoms in total. The first-order chi connectivity index (χ1) is 11.5. The number of para-hydroxylation sites is 1. The van der Waals surface area contributed by atoms with Crippen LogP contribution in [0.1, 0.15) is 18.4 Å². The summed E-state index contributed by atoms with van der Waals surface area (Å²) in [6.07, 6.45) is 0. The van der Waals surface area contributed by atoms with E-state index in [-0.39, 0.29) is 11.2 Å². The molecular weight excluding hydrogens is 326 g/mol. The number of anilines is 2. The Bertz CT molecular complexity index is 880. The number of hydrogen-bond acceptors (Lipinski definition) is 7. The third-order valence-electron chi connectivity index (χ3n) is 3.39. The first-order valence-corrected chi connectivity index (χ1v) is 8.44. The molecule has 0 radical (unpaired) electrons. The molecule has 0 saturated heterocycles. The highest BCUT2D eigenvalue weighted by Crippen LogP contribution is 2.22. The fourth-order valence-electron chi connectivity index (χ4n) is 2.14. The van der Waals surface area contributed by atoms with Crippen LogP contribution in [0.15, 0.2) is 34.9 Å². The second kappa shape index (κ2) is 6.88. The van der Waals surface area contributed by atoms with Crippen molar-refractivity contribution in [2.45, 2.75) is 24.9 Å². The average molecular weight is 343 g/mol. The topological polar surface area (TPSA) is 107 Å². The Hall–Kier alpha value is -2.61. The summed E-state index contributed by atoms with van der Waals surface area (Å²) in [5.74, 6) is 1.72. The van der Waals surface area contributed by atoms with Crippen LogP contribution in [0.25, 0.3) is 10.9 Å². The van der Waals surface area contributed by atoms with Gasteiger partial charge in [-0.15, -0.1) is 11.8 Å². The summed E-state index contributed by atoms with van der Waals surface area (Å²) < 4.78 is 4.98. The highest BCUT2D eigenvalue weighted by molar-refractivity contribution is 7.99. The maximum absolute atomic E-state index is 12.1. The molecule has 24 heavy (non-hydrogen) atoms. The molecule has 0 aliphatic heterocycles. The van der Waals surface area contributed by atoms with Crippen molar-refractivity contribution in [1.82, 2.24) is 15.1 Å². The van der Waals surface area contributed by atoms with Gasteiger partial charge in [0.2, 0.25) is 11.8 Å². The highest BCUT2D eigenvalue weighted by Gasteiger charge is 2.16. The normalized spacial score (nSPS) is 12.2. The van der Waals surface area contributed by atoms with Crippen LogP contribution in [-0.4, -0.2) is 26.3 Å². The maximum atomic E-state index is 12.1. The lowest BCUT2D eigenvalue weighted by Gasteiger charge is -2.10. The van der Waals surface area contributed by atoms with Gasteiger partial charge in [0, 0.05) is 11.5 Å². The Kier molecular flexibility index (Phi) is 4.66. The standard InChI is InChI=1S/C16H17N5O2S/c1-9-7-14(23-21-9)20-16(22)10(2)24-8-13-18-12-6-4-3-5-11(12)15(17)19-13/h3-7,10H,8H2,1-2H3,(H,20,22)(H2,17,18,19)/t10-/m0/s1. The number of carbonyl (C=O) groups excluding carboxylic acids is 1. The van der Waals surface area contributed by atoms with Gasteiger partial charge in [0.25, 0.3) is 0 Å². The third kappa shape index (κ3) is 3.65. The molecule has 0 aliphatic carbocycles. The SMILES string of the molecule is Cc1cc(NC(=O)[C@H](C)SCc2nc(N)c3ccccc3n2)on1. The fourth-order valence-corrected chi connectivity index (χ4v) is 2.87. The first kappa shape index (κ1) is 16.3. The third-order valence-corrected chi connectivity index (χ3v) is 4.52. The van der Waals surface area contributed by atoms with Crippen LogP contribution in [-0.2, 0) is 10.5 Å². The lowest BCUT2D eigenvalue weighted by Crippen LogP contribution is -2.22. The van der Waals surface area contributed by atoms with Crippen molar-refractivity contribution in [3.63, 3.8) is 0 Å². The van der Waals surface area contributed by atoms with E-state index in [2.05, 4.69) is 20.4 Å². The number of nitrogens with two attached hydrogens (primary N) is 1. The van der Waals surface area contributed by atoms with E-state index in [1.807, 2.05) is 31.2 Å². The Morgan fingerprint density at radius 3 is 2.92 bits per heavy atom. The van der Waals surface area contributed by atoms with Crippen molar-refractivity contribution in [3.05, 3.63) is 41.9 Å². The Morgan fingerprint density at radius 2 is 2.17 bits per heavy atom. The molecule has 2 aromatic heterocycles. The van der Waals surface area contributed by atoms with Crippen LogP contribution in [0.4, 0.5) is 11.7 Å². The van der Waals surface area contributed by atoms with Gasteiger partial charge in [0.05, 0.1) is 22.2 Å². The average Bonchev–Trinajstić information content (AvgIpc) is 2.97. The Labute approximate surface area is 143 Å². The van der Waals surface area contributed by atoms with Crippen LogP contribution < -0.4 is 11.1 Å². The van der Waals surface area contributed by atoms with Gasteiger partial charge in [-0.3, -0.25) is 10.1 Å². The van der Waals surface area contributed by atoms with Gasteiger partial charge in [-0.2, -0.15) is 0 Å². The highest BCUT2D eigenvalue weighted by atomic mass is 32.2. The number of aromatic nitrogens is 3. The van der Waals surface area contributed by atoms with Gasteiger partial charge in [0.1, 0.15) is 11.6 Å². The molecular formula is C16H17N5O2S. The van der Waals surface area contributed by atoms with Gasteiger partial charge in [-0.05, 0) is 26.0 Å². The van der Waals surface area contributed by atoms with E-state index in [4.69, 9.17) is 10.3 Å². The zero-order valence-corrected chi connectivity index (χ0v) is 14.1. The molecule has 0 aliphatic rings. The van der Waals surface area contributed by atoms with Crippen LogP contribution in [0, 0.1) is 6.92 Å². The van der Waals surface area contributed by atoms with E-state index < -0.39 is 0 Å². The van der Waals surface area contributed by atoms with Crippen molar-refractivity contribution >= 4 is 40.3 Å². The number of benzene rings is 1. The van der Waals surface area contributed by atoms with Gasteiger partial charge < -0.3 is 10.3 Å². The molecule has 3 aromatic rings. The molecule has 3 rings (SSSR count). The van der Waals surface area contributed by atoms with Gasteiger partial charge in [0.15, 0.2) is 0 Å². The van der Waals surface area contributed by atoms with Crippen molar-refractivity contribution in [2.24, 2.45) is 0 Å². The number of nitrogens with one attached hydrogen (secondary N) is 1. The Morgan fingerprint density at radius 1 is 1.38 bits per heavy atom. The van der Waals surface area contributed by atoms with Crippen molar-refractivity contribution < 1.29 is 9.32 Å². The first-order valence-electron chi connectivity index (χ1n) is 7.40. The molecule has 0 fully saturated rings. The van der Waals surface area contributed by atoms with Crippen molar-refractivity contribution in [3.8, 4) is 0 Å². The predicted octanol–water partition coefficient (Wildman–Crippen LogP) is 2.77. The number of aryl methyl sites for hydroxylation is 1.